The number of hydrogen-bond donors (Lipinski definition) is 0. The van der Waals surface area contributed by atoms with Crippen LogP contribution in [0.25, 0.3) is 0 Å². The normalized spacial score (nSPS) is 19.7. The van der Waals surface area contributed by atoms with E-state index in [2.05, 4.69) is 0 Å². The minimum atomic E-state index is -4.56. The number of halogens is 3. The summed E-state index contributed by atoms with van der Waals surface area (Å²) in [6, 6.07) is 12.8. The highest BCUT2D eigenvalue weighted by Gasteiger charge is 2.52. The largest absolute Gasteiger partial charge is 0.483 e. The van der Waals surface area contributed by atoms with Crippen LogP contribution in [-0.2, 0) is 21.2 Å². The van der Waals surface area contributed by atoms with Gasteiger partial charge >= 0.3 is 6.18 Å². The van der Waals surface area contributed by atoms with E-state index in [-0.39, 0.29) is 17.6 Å². The second kappa shape index (κ2) is 8.08. The molecule has 1 spiro atoms. The first-order valence-corrected chi connectivity index (χ1v) is 11.3. The zero-order valence-corrected chi connectivity index (χ0v) is 18.1. The Balaban J connectivity index is 1.26. The smallest absolute Gasteiger partial charge is 0.419 e. The molecule has 174 valence electrons. The van der Waals surface area contributed by atoms with E-state index in [4.69, 9.17) is 4.74 Å². The molecule has 33 heavy (non-hydrogen) atoms. The molecular formula is C25H25F3N2O3. The number of para-hydroxylation sites is 2. The van der Waals surface area contributed by atoms with Gasteiger partial charge in [0.1, 0.15) is 5.75 Å². The number of hydrogen-bond acceptors (Lipinski definition) is 3. The topological polar surface area (TPSA) is 49.9 Å². The molecule has 2 aromatic carbocycles. The molecule has 0 unspecified atom stereocenters. The molecule has 1 saturated heterocycles. The number of likely N-dealkylation sites (tertiary alicyclic amines) is 1. The SMILES string of the molecule is O=C(COc1ccccc1C(F)(F)F)N1CCC2(CC1)C(=O)N(CC1CC1)c1ccccc12. The summed E-state index contributed by atoms with van der Waals surface area (Å²) in [5.41, 5.74) is 0.463. The summed E-state index contributed by atoms with van der Waals surface area (Å²) in [7, 11) is 0. The second-order valence-corrected chi connectivity index (χ2v) is 9.12. The molecule has 2 aromatic rings. The van der Waals surface area contributed by atoms with E-state index in [0.29, 0.717) is 31.8 Å². The average Bonchev–Trinajstić information content (AvgIpc) is 3.61. The van der Waals surface area contributed by atoms with E-state index in [1.807, 2.05) is 29.2 Å². The predicted octanol–water partition coefficient (Wildman–Crippen LogP) is 4.40. The van der Waals surface area contributed by atoms with Crippen LogP contribution in [0.4, 0.5) is 18.9 Å². The fraction of sp³-hybridized carbons (Fsp3) is 0.440. The van der Waals surface area contributed by atoms with Crippen molar-refractivity contribution in [3.05, 3.63) is 59.7 Å². The van der Waals surface area contributed by atoms with E-state index in [0.717, 1.165) is 36.7 Å². The Labute approximate surface area is 190 Å². The molecule has 5 nitrogen and oxygen atoms in total. The van der Waals surface area contributed by atoms with E-state index in [1.54, 1.807) is 4.90 Å². The molecule has 0 atom stereocenters. The van der Waals surface area contributed by atoms with E-state index >= 15 is 0 Å². The van der Waals surface area contributed by atoms with Gasteiger partial charge < -0.3 is 14.5 Å². The van der Waals surface area contributed by atoms with Crippen LogP contribution in [0.1, 0.15) is 36.8 Å². The summed E-state index contributed by atoms with van der Waals surface area (Å²) in [6.45, 7) is 0.992. The van der Waals surface area contributed by atoms with Crippen molar-refractivity contribution in [3.8, 4) is 5.75 Å². The Kier molecular flexibility index (Phi) is 5.34. The van der Waals surface area contributed by atoms with E-state index in [1.165, 1.54) is 18.2 Å². The van der Waals surface area contributed by atoms with Gasteiger partial charge in [-0.15, -0.1) is 0 Å². The third kappa shape index (κ3) is 3.96. The number of ether oxygens (including phenoxy) is 1. The van der Waals surface area contributed by atoms with Crippen molar-refractivity contribution >= 4 is 17.5 Å². The Bertz CT molecular complexity index is 1070. The lowest BCUT2D eigenvalue weighted by atomic mass is 9.73. The van der Waals surface area contributed by atoms with Crippen LogP contribution in [0, 0.1) is 5.92 Å². The fourth-order valence-electron chi connectivity index (χ4n) is 5.02. The number of alkyl halides is 3. The molecule has 0 bridgehead atoms. The summed E-state index contributed by atoms with van der Waals surface area (Å²) in [4.78, 5) is 29.7. The average molecular weight is 458 g/mol. The third-order valence-corrected chi connectivity index (χ3v) is 7.02. The Morgan fingerprint density at radius 1 is 1.03 bits per heavy atom. The van der Waals surface area contributed by atoms with Crippen LogP contribution in [0.3, 0.4) is 0 Å². The monoisotopic (exact) mass is 458 g/mol. The minimum Gasteiger partial charge on any atom is -0.483 e. The Hall–Kier alpha value is -3.03. The van der Waals surface area contributed by atoms with Crippen molar-refractivity contribution in [2.45, 2.75) is 37.3 Å². The molecule has 2 fully saturated rings. The number of anilines is 1. The highest BCUT2D eigenvalue weighted by Crippen LogP contribution is 2.49. The molecule has 5 rings (SSSR count). The van der Waals surface area contributed by atoms with Crippen LogP contribution < -0.4 is 9.64 Å². The number of carbonyl (C=O) groups excluding carboxylic acids is 2. The van der Waals surface area contributed by atoms with Crippen molar-refractivity contribution in [3.63, 3.8) is 0 Å². The standard InChI is InChI=1S/C25H25F3N2O3/c26-25(27,28)19-6-2-4-8-21(19)33-16-22(31)29-13-11-24(12-14-29)18-5-1-3-7-20(18)30(23(24)32)15-17-9-10-17/h1-8,17H,9-16H2. The van der Waals surface area contributed by atoms with Crippen LogP contribution >= 0.6 is 0 Å². The molecular weight excluding hydrogens is 433 g/mol. The van der Waals surface area contributed by atoms with Crippen LogP contribution in [0.5, 0.6) is 5.75 Å². The summed E-state index contributed by atoms with van der Waals surface area (Å²) in [6.07, 6.45) is -1.26. The van der Waals surface area contributed by atoms with E-state index < -0.39 is 23.8 Å². The van der Waals surface area contributed by atoms with Crippen molar-refractivity contribution in [1.82, 2.24) is 4.90 Å². The molecule has 2 heterocycles. The number of piperidine rings is 1. The molecule has 3 aliphatic rings. The van der Waals surface area contributed by atoms with Crippen molar-refractivity contribution < 1.29 is 27.5 Å². The Morgan fingerprint density at radius 3 is 2.39 bits per heavy atom. The van der Waals surface area contributed by atoms with Crippen molar-refractivity contribution in [1.29, 1.82) is 0 Å². The van der Waals surface area contributed by atoms with Gasteiger partial charge in [0.2, 0.25) is 5.91 Å². The first kappa shape index (κ1) is 21.8. The summed E-state index contributed by atoms with van der Waals surface area (Å²) in [5, 5.41) is 0. The molecule has 0 aromatic heterocycles. The van der Waals surface area contributed by atoms with Gasteiger partial charge in [-0.25, -0.2) is 0 Å². The second-order valence-electron chi connectivity index (χ2n) is 9.12. The lowest BCUT2D eigenvalue weighted by Crippen LogP contribution is -2.51. The maximum atomic E-state index is 13.5. The quantitative estimate of drug-likeness (QED) is 0.668. The maximum Gasteiger partial charge on any atom is 0.419 e. The molecule has 1 aliphatic carbocycles. The third-order valence-electron chi connectivity index (χ3n) is 7.02. The van der Waals surface area contributed by atoms with Crippen molar-refractivity contribution in [2.75, 3.05) is 31.1 Å². The number of rotatable bonds is 5. The van der Waals surface area contributed by atoms with Gasteiger partial charge in [-0.05, 0) is 55.4 Å². The molecule has 1 saturated carbocycles. The van der Waals surface area contributed by atoms with Gasteiger partial charge in [0.25, 0.3) is 5.91 Å². The number of amides is 2. The predicted molar refractivity (Wildman–Crippen MR) is 116 cm³/mol. The molecule has 2 aliphatic heterocycles. The fourth-order valence-corrected chi connectivity index (χ4v) is 5.02. The van der Waals surface area contributed by atoms with Crippen LogP contribution in [0.15, 0.2) is 48.5 Å². The maximum absolute atomic E-state index is 13.5. The highest BCUT2D eigenvalue weighted by atomic mass is 19.4. The summed E-state index contributed by atoms with van der Waals surface area (Å²) >= 11 is 0. The van der Waals surface area contributed by atoms with Gasteiger partial charge in [-0.2, -0.15) is 13.2 Å². The Morgan fingerprint density at radius 2 is 1.70 bits per heavy atom. The number of carbonyl (C=O) groups is 2. The van der Waals surface area contributed by atoms with Gasteiger partial charge in [0.15, 0.2) is 6.61 Å². The molecule has 2 amide bonds. The van der Waals surface area contributed by atoms with Crippen LogP contribution in [-0.4, -0.2) is 43.0 Å². The lowest BCUT2D eigenvalue weighted by Gasteiger charge is -2.38. The first-order chi connectivity index (χ1) is 15.8. The van der Waals surface area contributed by atoms with Gasteiger partial charge in [0.05, 0.1) is 11.0 Å². The molecule has 0 radical (unpaired) electrons. The first-order valence-electron chi connectivity index (χ1n) is 11.3. The summed E-state index contributed by atoms with van der Waals surface area (Å²) in [5.74, 6) is -0.0635. The zero-order valence-electron chi connectivity index (χ0n) is 18.1. The van der Waals surface area contributed by atoms with Crippen LogP contribution in [0.2, 0.25) is 0 Å². The lowest BCUT2D eigenvalue weighted by molar-refractivity contribution is -0.141. The van der Waals surface area contributed by atoms with Gasteiger partial charge in [-0.1, -0.05) is 30.3 Å². The van der Waals surface area contributed by atoms with E-state index in [9.17, 15) is 22.8 Å². The molecule has 0 N–H and O–H groups in total. The number of fused-ring (bicyclic) bond motifs is 2. The molecule has 8 heteroatoms. The zero-order chi connectivity index (χ0) is 23.2. The van der Waals surface area contributed by atoms with Gasteiger partial charge in [0, 0.05) is 25.3 Å². The highest BCUT2D eigenvalue weighted by molar-refractivity contribution is 6.08. The van der Waals surface area contributed by atoms with Crippen molar-refractivity contribution in [2.24, 2.45) is 5.92 Å². The summed E-state index contributed by atoms with van der Waals surface area (Å²) < 4.78 is 44.7. The number of benzene rings is 2. The van der Waals surface area contributed by atoms with Gasteiger partial charge in [-0.3, -0.25) is 9.59 Å². The minimum absolute atomic E-state index is 0.109. The number of nitrogens with zero attached hydrogens (tertiary/aromatic N) is 2.